The highest BCUT2D eigenvalue weighted by Gasteiger charge is 2.22. The number of urea groups is 1. The highest BCUT2D eigenvalue weighted by Crippen LogP contribution is 2.24. The van der Waals surface area contributed by atoms with Crippen LogP contribution < -0.4 is 15.5 Å². The maximum Gasteiger partial charge on any atom is 0.319 e. The lowest BCUT2D eigenvalue weighted by Crippen LogP contribution is -2.51. The lowest BCUT2D eigenvalue weighted by molar-refractivity contribution is -0.112. The van der Waals surface area contributed by atoms with Gasteiger partial charge in [-0.05, 0) is 42.3 Å². The molecule has 0 unspecified atom stereocenters. The number of fused-ring (bicyclic) bond motifs is 1. The summed E-state index contributed by atoms with van der Waals surface area (Å²) >= 11 is 0. The SMILES string of the molecule is CN(C)C(=O)N1CCN(c2ccc(NC(=O)C3=CCc4ccccc4N3)cc2)CC1. The number of carbonyl (C=O) groups is 2. The predicted molar refractivity (Wildman–Crippen MR) is 120 cm³/mol. The fraction of sp³-hybridized carbons (Fsp3) is 0.304. The zero-order valence-corrected chi connectivity index (χ0v) is 17.4. The Morgan fingerprint density at radius 2 is 1.67 bits per heavy atom. The Morgan fingerprint density at radius 3 is 2.37 bits per heavy atom. The number of nitrogens with zero attached hydrogens (tertiary/aromatic N) is 3. The van der Waals surface area contributed by atoms with Gasteiger partial charge < -0.3 is 25.3 Å². The van der Waals surface area contributed by atoms with E-state index in [4.69, 9.17) is 0 Å². The summed E-state index contributed by atoms with van der Waals surface area (Å²) in [6.45, 7) is 3.00. The van der Waals surface area contributed by atoms with Crippen LogP contribution in [0.2, 0.25) is 0 Å². The van der Waals surface area contributed by atoms with Crippen molar-refractivity contribution in [2.24, 2.45) is 0 Å². The van der Waals surface area contributed by atoms with Crippen LogP contribution in [0, 0.1) is 0 Å². The first kappa shape index (κ1) is 19.8. The zero-order valence-electron chi connectivity index (χ0n) is 17.4. The number of carbonyl (C=O) groups excluding carboxylic acids is 2. The van der Waals surface area contributed by atoms with E-state index in [1.165, 1.54) is 5.56 Å². The number of rotatable bonds is 3. The zero-order chi connectivity index (χ0) is 21.1. The molecule has 0 aliphatic carbocycles. The number of nitrogens with one attached hydrogen (secondary N) is 2. The number of benzene rings is 2. The van der Waals surface area contributed by atoms with E-state index in [2.05, 4.69) is 21.6 Å². The lowest BCUT2D eigenvalue weighted by atomic mass is 10.0. The summed E-state index contributed by atoms with van der Waals surface area (Å²) in [7, 11) is 3.55. The third-order valence-electron chi connectivity index (χ3n) is 5.48. The average Bonchev–Trinajstić information content (AvgIpc) is 2.79. The first-order chi connectivity index (χ1) is 14.5. The van der Waals surface area contributed by atoms with E-state index in [-0.39, 0.29) is 11.9 Å². The van der Waals surface area contributed by atoms with Gasteiger partial charge in [-0.25, -0.2) is 4.79 Å². The Labute approximate surface area is 177 Å². The van der Waals surface area contributed by atoms with Crippen molar-refractivity contribution in [3.05, 3.63) is 65.9 Å². The van der Waals surface area contributed by atoms with Gasteiger partial charge in [-0.15, -0.1) is 0 Å². The van der Waals surface area contributed by atoms with Crippen LogP contribution in [0.4, 0.5) is 21.9 Å². The number of para-hydroxylation sites is 1. The van der Waals surface area contributed by atoms with Crippen LogP contribution in [-0.2, 0) is 11.2 Å². The third kappa shape index (κ3) is 4.25. The third-order valence-corrected chi connectivity index (χ3v) is 5.48. The van der Waals surface area contributed by atoms with E-state index in [1.54, 1.807) is 19.0 Å². The smallest absolute Gasteiger partial charge is 0.319 e. The van der Waals surface area contributed by atoms with Crippen molar-refractivity contribution in [3.63, 3.8) is 0 Å². The molecule has 7 heteroatoms. The molecule has 0 saturated carbocycles. The molecule has 0 atom stereocenters. The van der Waals surface area contributed by atoms with Crippen molar-refractivity contribution in [2.45, 2.75) is 6.42 Å². The molecule has 3 amide bonds. The standard InChI is InChI=1S/C23H27N5O2/c1-26(2)23(30)28-15-13-27(14-16-28)19-10-8-18(9-11-19)24-22(29)21-12-7-17-5-3-4-6-20(17)25-21/h3-6,8-12,25H,7,13-16H2,1-2H3,(H,24,29). The number of piperazine rings is 1. The van der Waals surface area contributed by atoms with Crippen LogP contribution in [0.3, 0.4) is 0 Å². The molecule has 30 heavy (non-hydrogen) atoms. The second-order valence-corrected chi connectivity index (χ2v) is 7.76. The molecule has 2 N–H and O–H groups in total. The van der Waals surface area contributed by atoms with Gasteiger partial charge >= 0.3 is 6.03 Å². The Morgan fingerprint density at radius 1 is 0.967 bits per heavy atom. The van der Waals surface area contributed by atoms with Gasteiger partial charge in [0.1, 0.15) is 5.70 Å². The normalized spacial score (nSPS) is 15.6. The summed E-state index contributed by atoms with van der Waals surface area (Å²) in [5.41, 5.74) is 4.58. The van der Waals surface area contributed by atoms with Crippen molar-refractivity contribution < 1.29 is 9.59 Å². The molecular weight excluding hydrogens is 378 g/mol. The van der Waals surface area contributed by atoms with Crippen LogP contribution in [0.15, 0.2) is 60.3 Å². The molecule has 0 radical (unpaired) electrons. The molecule has 0 bridgehead atoms. The van der Waals surface area contributed by atoms with Crippen molar-refractivity contribution >= 4 is 29.0 Å². The summed E-state index contributed by atoms with van der Waals surface area (Å²) in [5, 5.41) is 6.17. The molecule has 2 aliphatic rings. The highest BCUT2D eigenvalue weighted by atomic mass is 16.2. The Hall–Kier alpha value is -3.48. The van der Waals surface area contributed by atoms with Gasteiger partial charge in [0, 0.05) is 57.3 Å². The summed E-state index contributed by atoms with van der Waals surface area (Å²) in [6.07, 6.45) is 2.66. The molecule has 2 aromatic rings. The van der Waals surface area contributed by atoms with Gasteiger partial charge in [0.15, 0.2) is 0 Å². The Kier molecular flexibility index (Phi) is 5.61. The molecule has 4 rings (SSSR count). The number of amides is 3. The van der Waals surface area contributed by atoms with E-state index < -0.39 is 0 Å². The largest absolute Gasteiger partial charge is 0.368 e. The number of hydrogen-bond donors (Lipinski definition) is 2. The minimum absolute atomic E-state index is 0.0564. The summed E-state index contributed by atoms with van der Waals surface area (Å²) in [6, 6.07) is 15.9. The molecule has 2 heterocycles. The minimum atomic E-state index is -0.145. The maximum absolute atomic E-state index is 12.6. The van der Waals surface area contributed by atoms with Crippen LogP contribution in [0.5, 0.6) is 0 Å². The molecule has 1 fully saturated rings. The Balaban J connectivity index is 1.33. The first-order valence-electron chi connectivity index (χ1n) is 10.2. The summed E-state index contributed by atoms with van der Waals surface area (Å²) in [5.74, 6) is -0.145. The van der Waals surface area contributed by atoms with Crippen molar-refractivity contribution in [2.75, 3.05) is 55.8 Å². The molecular formula is C23H27N5O2. The number of hydrogen-bond acceptors (Lipinski definition) is 4. The summed E-state index contributed by atoms with van der Waals surface area (Å²) in [4.78, 5) is 30.4. The van der Waals surface area contributed by atoms with Crippen LogP contribution in [0.1, 0.15) is 5.56 Å². The van der Waals surface area contributed by atoms with Crippen LogP contribution in [-0.4, -0.2) is 62.0 Å². The lowest BCUT2D eigenvalue weighted by Gasteiger charge is -2.37. The number of anilines is 3. The second kappa shape index (κ2) is 8.49. The molecule has 2 aromatic carbocycles. The molecule has 0 aromatic heterocycles. The van der Waals surface area contributed by atoms with E-state index >= 15 is 0 Å². The van der Waals surface area contributed by atoms with Crippen molar-refractivity contribution in [1.82, 2.24) is 9.80 Å². The fourth-order valence-electron chi connectivity index (χ4n) is 3.77. The fourth-order valence-corrected chi connectivity index (χ4v) is 3.77. The van der Waals surface area contributed by atoms with Gasteiger partial charge in [-0.1, -0.05) is 24.3 Å². The predicted octanol–water partition coefficient (Wildman–Crippen LogP) is 2.98. The van der Waals surface area contributed by atoms with Gasteiger partial charge in [-0.3, -0.25) is 4.79 Å². The molecule has 2 aliphatic heterocycles. The highest BCUT2D eigenvalue weighted by molar-refractivity contribution is 6.06. The molecule has 0 spiro atoms. The maximum atomic E-state index is 12.6. The Bertz CT molecular complexity index is 960. The van der Waals surface area contributed by atoms with Gasteiger partial charge in [-0.2, -0.15) is 0 Å². The van der Waals surface area contributed by atoms with Gasteiger partial charge in [0.25, 0.3) is 5.91 Å². The molecule has 7 nitrogen and oxygen atoms in total. The van der Waals surface area contributed by atoms with E-state index in [9.17, 15) is 9.59 Å². The molecule has 156 valence electrons. The summed E-state index contributed by atoms with van der Waals surface area (Å²) < 4.78 is 0. The van der Waals surface area contributed by atoms with E-state index in [0.717, 1.165) is 36.6 Å². The minimum Gasteiger partial charge on any atom is -0.368 e. The van der Waals surface area contributed by atoms with Gasteiger partial charge in [0.2, 0.25) is 0 Å². The van der Waals surface area contributed by atoms with E-state index in [0.29, 0.717) is 18.8 Å². The van der Waals surface area contributed by atoms with Gasteiger partial charge in [0.05, 0.1) is 0 Å². The van der Waals surface area contributed by atoms with Crippen molar-refractivity contribution in [3.8, 4) is 0 Å². The first-order valence-corrected chi connectivity index (χ1v) is 10.2. The van der Waals surface area contributed by atoms with E-state index in [1.807, 2.05) is 53.4 Å². The topological polar surface area (TPSA) is 67.9 Å². The van der Waals surface area contributed by atoms with Crippen LogP contribution >= 0.6 is 0 Å². The van der Waals surface area contributed by atoms with Crippen LogP contribution in [0.25, 0.3) is 0 Å². The second-order valence-electron chi connectivity index (χ2n) is 7.76. The van der Waals surface area contributed by atoms with Crippen molar-refractivity contribution in [1.29, 1.82) is 0 Å². The number of allylic oxidation sites excluding steroid dienone is 1. The quantitative estimate of drug-likeness (QED) is 0.824. The average molecular weight is 406 g/mol. The monoisotopic (exact) mass is 405 g/mol. The molecule has 1 saturated heterocycles.